The summed E-state index contributed by atoms with van der Waals surface area (Å²) in [6.07, 6.45) is 1.39. The van der Waals surface area contributed by atoms with Crippen molar-refractivity contribution in [3.05, 3.63) is 0 Å². The van der Waals surface area contributed by atoms with Crippen molar-refractivity contribution in [1.82, 2.24) is 9.80 Å². The Hall–Kier alpha value is -1.10. The zero-order chi connectivity index (χ0) is 13.3. The van der Waals surface area contributed by atoms with Gasteiger partial charge in [0, 0.05) is 32.1 Å². The molecule has 0 radical (unpaired) electrons. The van der Waals surface area contributed by atoms with Crippen LogP contribution in [0.2, 0.25) is 0 Å². The number of hydrogen-bond donors (Lipinski definition) is 1. The van der Waals surface area contributed by atoms with Gasteiger partial charge in [-0.25, -0.2) is 0 Å². The van der Waals surface area contributed by atoms with E-state index in [9.17, 15) is 14.7 Å². The maximum Gasteiger partial charge on any atom is 0.227 e. The van der Waals surface area contributed by atoms with Crippen molar-refractivity contribution in [1.29, 1.82) is 0 Å². The van der Waals surface area contributed by atoms with E-state index in [-0.39, 0.29) is 29.8 Å². The Labute approximate surface area is 108 Å². The zero-order valence-electron chi connectivity index (χ0n) is 11.1. The fourth-order valence-corrected chi connectivity index (χ4v) is 2.64. The summed E-state index contributed by atoms with van der Waals surface area (Å²) in [5, 5.41) is 9.22. The first kappa shape index (κ1) is 13.3. The first-order valence-corrected chi connectivity index (χ1v) is 6.74. The number of carbonyl (C=O) groups excluding carboxylic acids is 2. The highest BCUT2D eigenvalue weighted by molar-refractivity contribution is 5.82. The summed E-state index contributed by atoms with van der Waals surface area (Å²) in [5.74, 6) is 0.149. The van der Waals surface area contributed by atoms with Crippen molar-refractivity contribution in [2.24, 2.45) is 11.8 Å². The van der Waals surface area contributed by atoms with Crippen LogP contribution in [0.3, 0.4) is 0 Å². The molecule has 1 atom stereocenters. The fourth-order valence-electron chi connectivity index (χ4n) is 2.64. The molecule has 5 heteroatoms. The SMILES string of the molecule is CC(C)C(=O)N1CCCC(C(=O)N2CC(O)C2)C1. The van der Waals surface area contributed by atoms with Gasteiger partial charge in [-0.3, -0.25) is 9.59 Å². The van der Waals surface area contributed by atoms with Crippen molar-refractivity contribution in [2.45, 2.75) is 32.8 Å². The summed E-state index contributed by atoms with van der Waals surface area (Å²) in [6.45, 7) is 5.99. The van der Waals surface area contributed by atoms with Crippen LogP contribution >= 0.6 is 0 Å². The lowest BCUT2D eigenvalue weighted by atomic mass is 9.94. The van der Waals surface area contributed by atoms with Crippen molar-refractivity contribution in [2.75, 3.05) is 26.2 Å². The second kappa shape index (κ2) is 5.26. The Balaban J connectivity index is 1.90. The predicted octanol–water partition coefficient (Wildman–Crippen LogP) is 0.0841. The summed E-state index contributed by atoms with van der Waals surface area (Å²) < 4.78 is 0. The summed E-state index contributed by atoms with van der Waals surface area (Å²) >= 11 is 0. The molecule has 0 saturated carbocycles. The zero-order valence-corrected chi connectivity index (χ0v) is 11.1. The monoisotopic (exact) mass is 254 g/mol. The summed E-state index contributed by atoms with van der Waals surface area (Å²) in [6, 6.07) is 0. The van der Waals surface area contributed by atoms with Crippen LogP contribution in [0, 0.1) is 11.8 Å². The molecule has 2 saturated heterocycles. The van der Waals surface area contributed by atoms with Crippen LogP contribution in [0.4, 0.5) is 0 Å². The maximum absolute atomic E-state index is 12.1. The third-order valence-electron chi connectivity index (χ3n) is 3.75. The summed E-state index contributed by atoms with van der Waals surface area (Å²) in [5.41, 5.74) is 0. The van der Waals surface area contributed by atoms with Crippen LogP contribution in [0.1, 0.15) is 26.7 Å². The molecule has 0 aromatic heterocycles. The number of likely N-dealkylation sites (tertiary alicyclic amines) is 2. The molecule has 2 heterocycles. The van der Waals surface area contributed by atoms with Gasteiger partial charge in [-0.05, 0) is 12.8 Å². The molecule has 2 fully saturated rings. The standard InChI is InChI=1S/C13H22N2O3/c1-9(2)12(17)14-5-3-4-10(6-14)13(18)15-7-11(16)8-15/h9-11,16H,3-8H2,1-2H3. The van der Waals surface area contributed by atoms with Crippen molar-refractivity contribution >= 4 is 11.8 Å². The van der Waals surface area contributed by atoms with Crippen LogP contribution in [-0.4, -0.2) is 59.0 Å². The Morgan fingerprint density at radius 2 is 1.83 bits per heavy atom. The summed E-state index contributed by atoms with van der Waals surface area (Å²) in [4.78, 5) is 27.6. The number of aliphatic hydroxyl groups is 1. The normalized spacial score (nSPS) is 25.2. The van der Waals surface area contributed by atoms with Gasteiger partial charge in [0.1, 0.15) is 0 Å². The summed E-state index contributed by atoms with van der Waals surface area (Å²) in [7, 11) is 0. The first-order chi connectivity index (χ1) is 8.49. The van der Waals surface area contributed by atoms with Gasteiger partial charge in [-0.1, -0.05) is 13.8 Å². The van der Waals surface area contributed by atoms with Crippen LogP contribution in [0.15, 0.2) is 0 Å². The molecule has 2 aliphatic heterocycles. The van der Waals surface area contributed by atoms with Crippen LogP contribution < -0.4 is 0 Å². The van der Waals surface area contributed by atoms with E-state index in [0.717, 1.165) is 19.4 Å². The van der Waals surface area contributed by atoms with Crippen molar-refractivity contribution in [3.63, 3.8) is 0 Å². The first-order valence-electron chi connectivity index (χ1n) is 6.74. The number of nitrogens with zero attached hydrogens (tertiary/aromatic N) is 2. The molecule has 5 nitrogen and oxygen atoms in total. The van der Waals surface area contributed by atoms with Crippen LogP contribution in [-0.2, 0) is 9.59 Å². The number of β-amino-alcohol motifs (C(OH)–C–C–N with tert-alkyl or cyclic N) is 1. The van der Waals surface area contributed by atoms with Gasteiger partial charge in [-0.2, -0.15) is 0 Å². The maximum atomic E-state index is 12.1. The van der Waals surface area contributed by atoms with E-state index in [1.54, 1.807) is 4.90 Å². The van der Waals surface area contributed by atoms with Gasteiger partial charge in [0.15, 0.2) is 0 Å². The number of piperidine rings is 1. The Morgan fingerprint density at radius 1 is 1.17 bits per heavy atom. The van der Waals surface area contributed by atoms with Crippen LogP contribution in [0.25, 0.3) is 0 Å². The largest absolute Gasteiger partial charge is 0.389 e. The molecular weight excluding hydrogens is 232 g/mol. The van der Waals surface area contributed by atoms with E-state index in [0.29, 0.717) is 19.6 Å². The van der Waals surface area contributed by atoms with Gasteiger partial charge >= 0.3 is 0 Å². The lowest BCUT2D eigenvalue weighted by molar-refractivity contribution is -0.149. The van der Waals surface area contributed by atoms with Gasteiger partial charge in [-0.15, -0.1) is 0 Å². The number of rotatable bonds is 2. The van der Waals surface area contributed by atoms with Gasteiger partial charge in [0.25, 0.3) is 0 Å². The Morgan fingerprint density at radius 3 is 2.39 bits per heavy atom. The topological polar surface area (TPSA) is 60.9 Å². The third-order valence-corrected chi connectivity index (χ3v) is 3.75. The minimum absolute atomic E-state index is 0.00955. The molecule has 1 unspecified atom stereocenters. The van der Waals surface area contributed by atoms with Crippen molar-refractivity contribution < 1.29 is 14.7 Å². The molecule has 0 aromatic carbocycles. The van der Waals surface area contributed by atoms with E-state index in [1.807, 2.05) is 18.7 Å². The van der Waals surface area contributed by atoms with Crippen molar-refractivity contribution in [3.8, 4) is 0 Å². The van der Waals surface area contributed by atoms with Crippen LogP contribution in [0.5, 0.6) is 0 Å². The average Bonchev–Trinajstić information content (AvgIpc) is 2.33. The fraction of sp³-hybridized carbons (Fsp3) is 0.846. The van der Waals surface area contributed by atoms with E-state index in [2.05, 4.69) is 0 Å². The highest BCUT2D eigenvalue weighted by atomic mass is 16.3. The smallest absolute Gasteiger partial charge is 0.227 e. The Bertz CT molecular complexity index is 337. The minimum atomic E-state index is -0.356. The predicted molar refractivity (Wildman–Crippen MR) is 66.7 cm³/mol. The molecule has 2 rings (SSSR count). The minimum Gasteiger partial charge on any atom is -0.389 e. The average molecular weight is 254 g/mol. The molecule has 2 aliphatic rings. The molecule has 1 N–H and O–H groups in total. The second-order valence-corrected chi connectivity index (χ2v) is 5.68. The molecular formula is C13H22N2O3. The molecule has 18 heavy (non-hydrogen) atoms. The molecule has 0 bridgehead atoms. The van der Waals surface area contributed by atoms with E-state index >= 15 is 0 Å². The lowest BCUT2D eigenvalue weighted by Crippen LogP contribution is -2.57. The van der Waals surface area contributed by atoms with Gasteiger partial charge in [0.2, 0.25) is 11.8 Å². The highest BCUT2D eigenvalue weighted by Gasteiger charge is 2.36. The quantitative estimate of drug-likeness (QED) is 0.759. The Kier molecular flexibility index (Phi) is 3.90. The van der Waals surface area contributed by atoms with Gasteiger partial charge in [0.05, 0.1) is 12.0 Å². The van der Waals surface area contributed by atoms with E-state index in [1.165, 1.54) is 0 Å². The molecule has 2 amide bonds. The van der Waals surface area contributed by atoms with E-state index < -0.39 is 0 Å². The van der Waals surface area contributed by atoms with Gasteiger partial charge < -0.3 is 14.9 Å². The highest BCUT2D eigenvalue weighted by Crippen LogP contribution is 2.22. The number of hydrogen-bond acceptors (Lipinski definition) is 3. The third kappa shape index (κ3) is 2.66. The number of carbonyl (C=O) groups is 2. The molecule has 0 spiro atoms. The number of aliphatic hydroxyl groups excluding tert-OH is 1. The van der Waals surface area contributed by atoms with E-state index in [4.69, 9.17) is 0 Å². The molecule has 0 aliphatic carbocycles. The lowest BCUT2D eigenvalue weighted by Gasteiger charge is -2.41. The molecule has 102 valence electrons. The molecule has 0 aromatic rings. The number of amides is 2. The second-order valence-electron chi connectivity index (χ2n) is 5.68.